The summed E-state index contributed by atoms with van der Waals surface area (Å²) in [6.07, 6.45) is 3.91. The maximum Gasteiger partial charge on any atom is 0.0608 e. The van der Waals surface area contributed by atoms with Gasteiger partial charge in [-0.1, -0.05) is 61.7 Å². The first kappa shape index (κ1) is 17.9. The van der Waals surface area contributed by atoms with Crippen molar-refractivity contribution in [3.8, 4) is 11.1 Å². The van der Waals surface area contributed by atoms with Crippen LogP contribution in [-0.2, 0) is 20.1 Å². The largest absolute Gasteiger partial charge is 0.340 e. The van der Waals surface area contributed by atoms with Gasteiger partial charge in [0.15, 0.2) is 0 Å². The third kappa shape index (κ3) is 2.79. The zero-order valence-electron chi connectivity index (χ0n) is 15.2. The second-order valence-electron chi connectivity index (χ2n) is 7.06. The molecule has 5 aromatic rings. The van der Waals surface area contributed by atoms with E-state index in [2.05, 4.69) is 77.8 Å². The van der Waals surface area contributed by atoms with E-state index < -0.39 is 0 Å². The van der Waals surface area contributed by atoms with Crippen molar-refractivity contribution in [2.45, 2.75) is 19.8 Å². The van der Waals surface area contributed by atoms with Crippen molar-refractivity contribution in [2.75, 3.05) is 0 Å². The van der Waals surface area contributed by atoms with E-state index in [1.165, 1.54) is 33.0 Å². The van der Waals surface area contributed by atoms with Crippen LogP contribution in [0.3, 0.4) is 0 Å². The third-order valence-corrected chi connectivity index (χ3v) is 5.18. The van der Waals surface area contributed by atoms with Gasteiger partial charge in [-0.3, -0.25) is 4.98 Å². The van der Waals surface area contributed by atoms with Gasteiger partial charge in [0.25, 0.3) is 0 Å². The smallest absolute Gasteiger partial charge is 0.0608 e. The van der Waals surface area contributed by atoms with Gasteiger partial charge in [-0.2, -0.15) is 0 Å². The van der Waals surface area contributed by atoms with Gasteiger partial charge < -0.3 is 4.40 Å². The molecule has 0 N–H and O–H groups in total. The van der Waals surface area contributed by atoms with Gasteiger partial charge in [0.2, 0.25) is 0 Å². The Bertz CT molecular complexity index is 1250. The average molecular weight is 528 g/mol. The summed E-state index contributed by atoms with van der Waals surface area (Å²) in [5.74, 6) is 0.538. The molecule has 0 saturated heterocycles. The first-order valence-electron chi connectivity index (χ1n) is 9.02. The van der Waals surface area contributed by atoms with Gasteiger partial charge in [0.05, 0.1) is 5.65 Å². The molecule has 0 spiro atoms. The maximum atomic E-state index is 4.60. The monoisotopic (exact) mass is 528 g/mol. The summed E-state index contributed by atoms with van der Waals surface area (Å²) in [7, 11) is 0. The number of hydrogen-bond donors (Lipinski definition) is 0. The molecular formula is C24H19IrN2-. The fraction of sp³-hybridized carbons (Fsp3) is 0.125. The van der Waals surface area contributed by atoms with Gasteiger partial charge in [-0.05, 0) is 22.4 Å². The van der Waals surface area contributed by atoms with Crippen molar-refractivity contribution in [1.82, 2.24) is 9.38 Å². The number of fused-ring (bicyclic) bond motifs is 6. The summed E-state index contributed by atoms with van der Waals surface area (Å²) in [6.45, 7) is 4.45. The number of nitrogens with zero attached hydrogens (tertiary/aromatic N) is 2. The number of pyridine rings is 1. The molecule has 0 atom stereocenters. The topological polar surface area (TPSA) is 17.3 Å². The molecule has 0 amide bonds. The molecule has 2 nitrogen and oxygen atoms in total. The number of benzene rings is 3. The van der Waals surface area contributed by atoms with E-state index in [0.717, 1.165) is 11.0 Å². The first-order chi connectivity index (χ1) is 12.7. The molecule has 0 unspecified atom stereocenters. The zero-order chi connectivity index (χ0) is 17.7. The molecule has 3 heteroatoms. The Morgan fingerprint density at radius 2 is 1.70 bits per heavy atom. The van der Waals surface area contributed by atoms with E-state index in [0.29, 0.717) is 5.92 Å². The fourth-order valence-electron chi connectivity index (χ4n) is 3.82. The van der Waals surface area contributed by atoms with Gasteiger partial charge in [-0.15, -0.1) is 29.7 Å². The van der Waals surface area contributed by atoms with Crippen molar-refractivity contribution < 1.29 is 20.1 Å². The Balaban J connectivity index is 0.00000180. The van der Waals surface area contributed by atoms with Crippen molar-refractivity contribution in [1.29, 1.82) is 0 Å². The zero-order valence-corrected chi connectivity index (χ0v) is 17.6. The van der Waals surface area contributed by atoms with Crippen molar-refractivity contribution >= 4 is 27.3 Å². The molecule has 0 aliphatic heterocycles. The van der Waals surface area contributed by atoms with Crippen LogP contribution in [0.5, 0.6) is 0 Å². The van der Waals surface area contributed by atoms with Crippen LogP contribution in [0.25, 0.3) is 38.4 Å². The summed E-state index contributed by atoms with van der Waals surface area (Å²) >= 11 is 0. The van der Waals surface area contributed by atoms with Crippen LogP contribution in [0.1, 0.15) is 25.3 Å². The molecule has 27 heavy (non-hydrogen) atoms. The van der Waals surface area contributed by atoms with Gasteiger partial charge in [0, 0.05) is 43.6 Å². The standard InChI is InChI=1S/C24H19N2.Ir/c1-16(2)17-10-12-18(13-11-17)19-8-5-9-21-20-6-3-4-7-22(20)24-25-14-15-26(24)23(19)21;/h3-6,8-16H,1-2H3;/q-1;. The van der Waals surface area contributed by atoms with Gasteiger partial charge >= 0.3 is 0 Å². The Morgan fingerprint density at radius 1 is 0.926 bits per heavy atom. The number of hydrogen-bond acceptors (Lipinski definition) is 1. The van der Waals surface area contributed by atoms with Crippen LogP contribution in [0.15, 0.2) is 73.1 Å². The average Bonchev–Trinajstić information content (AvgIpc) is 3.18. The SMILES string of the molecule is CC(C)c1ccc(-c2cccc3c4ccc[c-]c4c4nccn4c23)cc1.[Ir]. The van der Waals surface area contributed by atoms with E-state index in [1.807, 2.05) is 24.5 Å². The minimum Gasteiger partial charge on any atom is -0.340 e. The molecule has 1 radical (unpaired) electrons. The maximum absolute atomic E-state index is 4.60. The van der Waals surface area contributed by atoms with Crippen LogP contribution in [0.2, 0.25) is 0 Å². The summed E-state index contributed by atoms with van der Waals surface area (Å²) < 4.78 is 2.19. The van der Waals surface area contributed by atoms with Crippen LogP contribution in [0.4, 0.5) is 0 Å². The molecule has 135 valence electrons. The van der Waals surface area contributed by atoms with Crippen molar-refractivity contribution in [3.05, 3.63) is 84.7 Å². The molecule has 0 aliphatic rings. The van der Waals surface area contributed by atoms with Gasteiger partial charge in [0.1, 0.15) is 0 Å². The number of para-hydroxylation sites is 1. The second kappa shape index (κ2) is 6.92. The molecule has 0 bridgehead atoms. The Labute approximate surface area is 172 Å². The second-order valence-corrected chi connectivity index (χ2v) is 7.06. The molecule has 5 rings (SSSR count). The number of imidazole rings is 1. The summed E-state index contributed by atoms with van der Waals surface area (Å²) in [5, 5.41) is 3.49. The Hall–Kier alpha value is -2.48. The van der Waals surface area contributed by atoms with E-state index in [9.17, 15) is 0 Å². The van der Waals surface area contributed by atoms with Crippen LogP contribution in [-0.4, -0.2) is 9.38 Å². The minimum atomic E-state index is 0. The first-order valence-corrected chi connectivity index (χ1v) is 9.02. The molecule has 2 heterocycles. The summed E-state index contributed by atoms with van der Waals surface area (Å²) in [6, 6.07) is 25.0. The van der Waals surface area contributed by atoms with Gasteiger partial charge in [-0.25, -0.2) is 0 Å². The molecule has 3 aromatic carbocycles. The summed E-state index contributed by atoms with van der Waals surface area (Å²) in [5.41, 5.74) is 5.98. The summed E-state index contributed by atoms with van der Waals surface area (Å²) in [4.78, 5) is 4.60. The fourth-order valence-corrected chi connectivity index (χ4v) is 3.82. The molecule has 0 aliphatic carbocycles. The van der Waals surface area contributed by atoms with E-state index in [4.69, 9.17) is 0 Å². The number of aromatic nitrogens is 2. The normalized spacial score (nSPS) is 11.4. The van der Waals surface area contributed by atoms with Crippen molar-refractivity contribution in [2.24, 2.45) is 0 Å². The third-order valence-electron chi connectivity index (χ3n) is 5.18. The van der Waals surface area contributed by atoms with Crippen molar-refractivity contribution in [3.63, 3.8) is 0 Å². The molecule has 0 saturated carbocycles. The molecule has 2 aromatic heterocycles. The molecule has 0 fully saturated rings. The van der Waals surface area contributed by atoms with E-state index >= 15 is 0 Å². The Morgan fingerprint density at radius 3 is 2.48 bits per heavy atom. The predicted molar refractivity (Wildman–Crippen MR) is 109 cm³/mol. The van der Waals surface area contributed by atoms with E-state index in [-0.39, 0.29) is 20.1 Å². The van der Waals surface area contributed by atoms with E-state index in [1.54, 1.807) is 0 Å². The van der Waals surface area contributed by atoms with Crippen LogP contribution < -0.4 is 0 Å². The minimum absolute atomic E-state index is 0. The quantitative estimate of drug-likeness (QED) is 0.197. The number of rotatable bonds is 2. The predicted octanol–water partition coefficient (Wildman–Crippen LogP) is 6.23. The van der Waals surface area contributed by atoms with Crippen LogP contribution >= 0.6 is 0 Å². The Kier molecular flexibility index (Phi) is 4.59. The van der Waals surface area contributed by atoms with Crippen LogP contribution in [0, 0.1) is 6.07 Å². The molecular weight excluding hydrogens is 508 g/mol.